The van der Waals surface area contributed by atoms with Crippen molar-refractivity contribution in [2.75, 3.05) is 13.7 Å². The van der Waals surface area contributed by atoms with Crippen LogP contribution in [0.1, 0.15) is 114 Å². The van der Waals surface area contributed by atoms with Crippen molar-refractivity contribution in [2.24, 2.45) is 22.5 Å². The Balaban J connectivity index is -0.000000240. The average molecular weight is 661 g/mol. The number of rotatable bonds is 6. The summed E-state index contributed by atoms with van der Waals surface area (Å²) in [7, 11) is 1.34. The van der Waals surface area contributed by atoms with E-state index in [4.69, 9.17) is 10.5 Å². The Morgan fingerprint density at radius 1 is 0.911 bits per heavy atom. The highest BCUT2D eigenvalue weighted by molar-refractivity contribution is 7.08. The third-order valence-corrected chi connectivity index (χ3v) is 4.65. The second kappa shape index (κ2) is 24.2. The van der Waals surface area contributed by atoms with E-state index < -0.39 is 22.4 Å². The molecule has 0 aliphatic carbocycles. The number of ether oxygens (including phenoxy) is 2. The predicted molar refractivity (Wildman–Crippen MR) is 181 cm³/mol. The number of ketones is 2. The number of carbonyl (C=O) groups is 4. The molecule has 0 radical (unpaired) electrons. The van der Waals surface area contributed by atoms with Gasteiger partial charge in [-0.25, -0.2) is 14.2 Å². The molecule has 1 amide bonds. The van der Waals surface area contributed by atoms with Gasteiger partial charge in [-0.2, -0.15) is 4.39 Å². The molecule has 0 saturated carbocycles. The molecule has 0 bridgehead atoms. The number of hydrogen-bond donors (Lipinski definition) is 1. The van der Waals surface area contributed by atoms with Gasteiger partial charge in [-0.1, -0.05) is 85.3 Å². The van der Waals surface area contributed by atoms with Crippen LogP contribution in [0.5, 0.6) is 0 Å². The van der Waals surface area contributed by atoms with Crippen LogP contribution in [0, 0.1) is 22.0 Å². The highest BCUT2D eigenvalue weighted by Gasteiger charge is 2.19. The van der Waals surface area contributed by atoms with E-state index in [-0.39, 0.29) is 34.2 Å². The lowest BCUT2D eigenvalue weighted by Crippen LogP contribution is -2.19. The molecular weight excluding hydrogens is 602 g/mol. The summed E-state index contributed by atoms with van der Waals surface area (Å²) < 4.78 is 33.8. The molecule has 2 N–H and O–H groups in total. The maximum absolute atomic E-state index is 12.1. The molecule has 0 saturated heterocycles. The van der Waals surface area contributed by atoms with Crippen LogP contribution in [-0.4, -0.2) is 47.7 Å². The molecule has 0 aliphatic rings. The van der Waals surface area contributed by atoms with E-state index in [9.17, 15) is 28.0 Å². The van der Waals surface area contributed by atoms with Gasteiger partial charge in [0.15, 0.2) is 11.6 Å². The number of allylic oxidation sites excluding steroid dienone is 4. The van der Waals surface area contributed by atoms with Crippen molar-refractivity contribution in [1.82, 2.24) is 4.98 Å². The van der Waals surface area contributed by atoms with Crippen molar-refractivity contribution >= 4 is 34.8 Å². The van der Waals surface area contributed by atoms with Crippen molar-refractivity contribution < 1.29 is 37.4 Å². The van der Waals surface area contributed by atoms with Crippen LogP contribution in [0.4, 0.5) is 8.78 Å². The molecule has 8 nitrogen and oxygen atoms in total. The molecule has 1 rings (SSSR count). The summed E-state index contributed by atoms with van der Waals surface area (Å²) in [5.74, 6) is -0.623. The summed E-state index contributed by atoms with van der Waals surface area (Å²) in [4.78, 5) is 46.1. The third kappa shape index (κ3) is 38.9. The molecule has 1 aromatic heterocycles. The van der Waals surface area contributed by atoms with E-state index in [1.165, 1.54) is 25.5 Å². The van der Waals surface area contributed by atoms with E-state index in [2.05, 4.69) is 30.5 Å². The lowest BCUT2D eigenvalue weighted by atomic mass is 9.90. The van der Waals surface area contributed by atoms with Gasteiger partial charge < -0.3 is 15.2 Å². The number of aromatic nitrogens is 1. The van der Waals surface area contributed by atoms with Crippen molar-refractivity contribution in [2.45, 2.75) is 109 Å². The first-order chi connectivity index (χ1) is 20.1. The first kappa shape index (κ1) is 48.8. The second-order valence-corrected chi connectivity index (χ2v) is 14.4. The molecule has 1 heterocycles. The first-order valence-electron chi connectivity index (χ1n) is 14.4. The summed E-state index contributed by atoms with van der Waals surface area (Å²) in [5, 5.41) is 0.640. The van der Waals surface area contributed by atoms with Gasteiger partial charge in [-0.15, -0.1) is 0 Å². The van der Waals surface area contributed by atoms with Crippen molar-refractivity contribution in [3.63, 3.8) is 0 Å². The third-order valence-electron chi connectivity index (χ3n) is 4.02. The zero-order chi connectivity index (χ0) is 36.8. The maximum Gasteiger partial charge on any atom is 0.330 e. The molecule has 1 aromatic rings. The lowest BCUT2D eigenvalue weighted by molar-refractivity contribution is -0.135. The minimum atomic E-state index is -0.699. The van der Waals surface area contributed by atoms with E-state index in [1.807, 2.05) is 55.4 Å². The zero-order valence-corrected chi connectivity index (χ0v) is 31.1. The van der Waals surface area contributed by atoms with Gasteiger partial charge in [0.1, 0.15) is 11.5 Å². The Morgan fingerprint density at radius 2 is 1.33 bits per heavy atom. The minimum absolute atomic E-state index is 0.0162. The van der Waals surface area contributed by atoms with Gasteiger partial charge in [0.25, 0.3) is 11.2 Å². The van der Waals surface area contributed by atoms with Crippen LogP contribution in [0.2, 0.25) is 0 Å². The maximum atomic E-state index is 12.1. The topological polar surface area (TPSA) is 126 Å². The molecule has 0 fully saturated rings. The highest BCUT2D eigenvalue weighted by atomic mass is 32.1. The van der Waals surface area contributed by atoms with Crippen LogP contribution in [0.15, 0.2) is 41.1 Å². The van der Waals surface area contributed by atoms with Gasteiger partial charge in [0.05, 0.1) is 19.3 Å². The Labute approximate surface area is 274 Å². The summed E-state index contributed by atoms with van der Waals surface area (Å²) in [6, 6.07) is 0. The van der Waals surface area contributed by atoms with Crippen LogP contribution in [-0.2, 0) is 23.9 Å². The van der Waals surface area contributed by atoms with E-state index in [0.717, 1.165) is 28.9 Å². The van der Waals surface area contributed by atoms with Gasteiger partial charge in [-0.3, -0.25) is 14.4 Å². The molecule has 0 aromatic carbocycles. The molecule has 0 aliphatic heterocycles. The predicted octanol–water partition coefficient (Wildman–Crippen LogP) is 8.62. The monoisotopic (exact) mass is 660 g/mol. The number of esters is 1. The second-order valence-electron chi connectivity index (χ2n) is 13.6. The molecule has 0 unspecified atom stereocenters. The Kier molecular flexibility index (Phi) is 26.3. The number of amides is 1. The minimum Gasteiger partial charge on any atom is -0.466 e. The Bertz CT molecular complexity index is 1070. The summed E-state index contributed by atoms with van der Waals surface area (Å²) in [6.45, 7) is 29.0. The van der Waals surface area contributed by atoms with E-state index in [0.29, 0.717) is 6.61 Å². The average Bonchev–Trinajstić information content (AvgIpc) is 3.27. The van der Waals surface area contributed by atoms with Gasteiger partial charge in [0.2, 0.25) is 0 Å². The Morgan fingerprint density at radius 3 is 1.53 bits per heavy atom. The number of halogens is 2. The molecule has 260 valence electrons. The van der Waals surface area contributed by atoms with Crippen molar-refractivity contribution in [1.29, 1.82) is 0 Å². The number of carbonyl (C=O) groups excluding carboxylic acids is 4. The normalized spacial score (nSPS) is 11.3. The SMILES string of the molecule is C/C(F)=C/C(=O)C(C)(C)C.CC(C)=CC(=O)C(C)(C)C.CC(C)C.COC(=O)/C=C/COC(C)(C)C.NC(=O)c1csc(F)n1. The smallest absolute Gasteiger partial charge is 0.330 e. The number of hydrogen-bond acceptors (Lipinski definition) is 8. The van der Waals surface area contributed by atoms with Crippen LogP contribution in [0.25, 0.3) is 0 Å². The van der Waals surface area contributed by atoms with E-state index in [1.54, 1.807) is 32.9 Å². The van der Waals surface area contributed by atoms with E-state index >= 15 is 0 Å². The number of primary amides is 1. The highest BCUT2D eigenvalue weighted by Crippen LogP contribution is 2.16. The largest absolute Gasteiger partial charge is 0.466 e. The molecular formula is C34H58F2N2O6S. The number of nitrogens with zero attached hydrogens (tertiary/aromatic N) is 1. The molecule has 0 atom stereocenters. The Hall–Kier alpha value is -3.05. The fourth-order valence-electron chi connectivity index (χ4n) is 1.75. The molecule has 45 heavy (non-hydrogen) atoms. The van der Waals surface area contributed by atoms with Crippen molar-refractivity contribution in [3.8, 4) is 0 Å². The molecule has 0 spiro atoms. The van der Waals surface area contributed by atoms with Gasteiger partial charge in [-0.05, 0) is 53.5 Å². The van der Waals surface area contributed by atoms with Crippen LogP contribution in [0.3, 0.4) is 0 Å². The van der Waals surface area contributed by atoms with Gasteiger partial charge in [0, 0.05) is 28.4 Å². The first-order valence-corrected chi connectivity index (χ1v) is 15.3. The van der Waals surface area contributed by atoms with Gasteiger partial charge >= 0.3 is 5.97 Å². The zero-order valence-electron chi connectivity index (χ0n) is 30.3. The quantitative estimate of drug-likeness (QED) is 0.239. The summed E-state index contributed by atoms with van der Waals surface area (Å²) >= 11 is 0.754. The standard InChI is InChI=1S/C9H16O3.C9H16O.C8H13FO.C4H3FN2OS.C4H10/c1-9(2,3)12-7-5-6-8(10)11-4;1-7(2)6-8(10)9(3,4)5;1-6(9)5-7(10)8(2,3)4;5-4-7-2(1-9-4)3(6)8;1-4(2)3/h5-6H,7H2,1-4H3;6H,1-5H3;5H,1-4H3;1H,(H2,6,8);4H,1-3H3/b6-5+;;6-5-;;. The lowest BCUT2D eigenvalue weighted by Gasteiger charge is -2.17. The number of thiazole rings is 1. The molecule has 11 heteroatoms. The fourth-order valence-corrected chi connectivity index (χ4v) is 2.28. The van der Waals surface area contributed by atoms with Crippen molar-refractivity contribution in [3.05, 3.63) is 52.0 Å². The summed E-state index contributed by atoms with van der Waals surface area (Å²) in [5.41, 5.74) is 4.96. The summed E-state index contributed by atoms with van der Waals surface area (Å²) in [6.07, 6.45) is 5.71. The van der Waals surface area contributed by atoms with Crippen LogP contribution < -0.4 is 5.73 Å². The number of methoxy groups -OCH3 is 1. The number of nitrogens with two attached hydrogens (primary N) is 1. The van der Waals surface area contributed by atoms with Crippen LogP contribution >= 0.6 is 11.3 Å². The fraction of sp³-hybridized carbons (Fsp3) is 0.618.